The first-order chi connectivity index (χ1) is 13.7. The fourth-order valence-corrected chi connectivity index (χ4v) is 3.62. The van der Waals surface area contributed by atoms with Crippen LogP contribution in [0.15, 0.2) is 18.5 Å². The SMILES string of the molecule is CC1OC(=O)Nc2ncnc(-c3cc(C(C)(F)F)cc(N4CCN[C@@H](C)C4)n3)c21. The maximum absolute atomic E-state index is 14.3. The van der Waals surface area contributed by atoms with Crippen molar-refractivity contribution in [2.75, 3.05) is 29.9 Å². The van der Waals surface area contributed by atoms with Crippen molar-refractivity contribution in [3.63, 3.8) is 0 Å². The number of aromatic nitrogens is 3. The molecule has 2 aromatic heterocycles. The van der Waals surface area contributed by atoms with Crippen LogP contribution in [0.1, 0.15) is 38.0 Å². The average molecular weight is 404 g/mol. The Morgan fingerprint density at radius 2 is 2.07 bits per heavy atom. The van der Waals surface area contributed by atoms with Crippen molar-refractivity contribution in [2.45, 2.75) is 38.8 Å². The molecule has 0 spiro atoms. The lowest BCUT2D eigenvalue weighted by Gasteiger charge is -2.33. The van der Waals surface area contributed by atoms with E-state index in [2.05, 4.69) is 25.6 Å². The molecule has 10 heteroatoms. The molecule has 4 rings (SSSR count). The normalized spacial score (nSPS) is 22.0. The summed E-state index contributed by atoms with van der Waals surface area (Å²) in [4.78, 5) is 26.6. The summed E-state index contributed by atoms with van der Waals surface area (Å²) in [6.07, 6.45) is 0.0226. The Bertz CT molecular complexity index is 949. The maximum atomic E-state index is 14.3. The number of carbonyl (C=O) groups is 1. The second-order valence-corrected chi connectivity index (χ2v) is 7.45. The Labute approximate surface area is 166 Å². The third kappa shape index (κ3) is 3.84. The fraction of sp³-hybridized carbons (Fsp3) is 0.474. The van der Waals surface area contributed by atoms with Crippen molar-refractivity contribution < 1.29 is 18.3 Å². The summed E-state index contributed by atoms with van der Waals surface area (Å²) in [6, 6.07) is 2.98. The molecule has 0 saturated carbocycles. The summed E-state index contributed by atoms with van der Waals surface area (Å²) < 4.78 is 33.7. The number of nitrogens with zero attached hydrogens (tertiary/aromatic N) is 4. The number of halogens is 2. The molecule has 1 saturated heterocycles. The van der Waals surface area contributed by atoms with Gasteiger partial charge in [0, 0.05) is 38.2 Å². The Morgan fingerprint density at radius 1 is 1.28 bits per heavy atom. The van der Waals surface area contributed by atoms with Crippen molar-refractivity contribution in [3.8, 4) is 11.4 Å². The minimum absolute atomic E-state index is 0.149. The van der Waals surface area contributed by atoms with Crippen molar-refractivity contribution in [2.24, 2.45) is 0 Å². The van der Waals surface area contributed by atoms with E-state index in [-0.39, 0.29) is 17.3 Å². The molecule has 2 atom stereocenters. The van der Waals surface area contributed by atoms with Crippen LogP contribution >= 0.6 is 0 Å². The maximum Gasteiger partial charge on any atom is 0.413 e. The number of alkyl halides is 2. The monoisotopic (exact) mass is 404 g/mol. The minimum Gasteiger partial charge on any atom is -0.441 e. The van der Waals surface area contributed by atoms with Crippen LogP contribution in [0.25, 0.3) is 11.4 Å². The molecule has 0 aromatic carbocycles. The highest BCUT2D eigenvalue weighted by Gasteiger charge is 2.32. The number of pyridine rings is 1. The van der Waals surface area contributed by atoms with Crippen LogP contribution in [0.2, 0.25) is 0 Å². The van der Waals surface area contributed by atoms with Gasteiger partial charge in [-0.3, -0.25) is 5.32 Å². The van der Waals surface area contributed by atoms with Crippen LogP contribution in [-0.4, -0.2) is 46.7 Å². The molecule has 2 aromatic rings. The number of fused-ring (bicyclic) bond motifs is 1. The van der Waals surface area contributed by atoms with E-state index in [4.69, 9.17) is 4.74 Å². The first-order valence-corrected chi connectivity index (χ1v) is 9.44. The van der Waals surface area contributed by atoms with Gasteiger partial charge in [-0.25, -0.2) is 28.5 Å². The molecule has 1 unspecified atom stereocenters. The molecule has 0 radical (unpaired) electrons. The Hall–Kier alpha value is -2.88. The van der Waals surface area contributed by atoms with Gasteiger partial charge in [0.15, 0.2) is 0 Å². The van der Waals surface area contributed by atoms with Crippen LogP contribution in [-0.2, 0) is 10.7 Å². The van der Waals surface area contributed by atoms with Crippen LogP contribution in [0.3, 0.4) is 0 Å². The van der Waals surface area contributed by atoms with E-state index in [9.17, 15) is 13.6 Å². The molecule has 2 aliphatic rings. The highest BCUT2D eigenvalue weighted by Crippen LogP contribution is 2.38. The highest BCUT2D eigenvalue weighted by molar-refractivity contribution is 5.88. The Kier molecular flexibility index (Phi) is 4.81. The summed E-state index contributed by atoms with van der Waals surface area (Å²) >= 11 is 0. The predicted octanol–water partition coefficient (Wildman–Crippen LogP) is 3.07. The van der Waals surface area contributed by atoms with Crippen LogP contribution < -0.4 is 15.5 Å². The summed E-state index contributed by atoms with van der Waals surface area (Å²) in [5.74, 6) is -2.28. The Balaban J connectivity index is 1.85. The second-order valence-electron chi connectivity index (χ2n) is 7.45. The average Bonchev–Trinajstić information content (AvgIpc) is 2.66. The molecule has 1 fully saturated rings. The van der Waals surface area contributed by atoms with Gasteiger partial charge >= 0.3 is 6.09 Å². The van der Waals surface area contributed by atoms with Crippen molar-refractivity contribution in [1.29, 1.82) is 0 Å². The summed E-state index contributed by atoms with van der Waals surface area (Å²) in [5.41, 5.74) is 1.01. The molecule has 0 bridgehead atoms. The highest BCUT2D eigenvalue weighted by atomic mass is 19.3. The predicted molar refractivity (Wildman–Crippen MR) is 103 cm³/mol. The van der Waals surface area contributed by atoms with Gasteiger partial charge in [0.25, 0.3) is 5.92 Å². The number of rotatable bonds is 3. The lowest BCUT2D eigenvalue weighted by atomic mass is 10.0. The summed E-state index contributed by atoms with van der Waals surface area (Å²) in [6.45, 7) is 6.63. The zero-order valence-corrected chi connectivity index (χ0v) is 16.4. The van der Waals surface area contributed by atoms with E-state index < -0.39 is 18.1 Å². The number of piperazine rings is 1. The van der Waals surface area contributed by atoms with Crippen LogP contribution in [0.4, 0.5) is 25.2 Å². The quantitative estimate of drug-likeness (QED) is 0.812. The molecule has 0 aliphatic carbocycles. The van der Waals surface area contributed by atoms with E-state index in [1.54, 1.807) is 6.92 Å². The van der Waals surface area contributed by atoms with Gasteiger partial charge in [-0.2, -0.15) is 0 Å². The van der Waals surface area contributed by atoms with Gasteiger partial charge in [-0.15, -0.1) is 0 Å². The van der Waals surface area contributed by atoms with Crippen LogP contribution in [0, 0.1) is 0 Å². The lowest BCUT2D eigenvalue weighted by molar-refractivity contribution is 0.0174. The van der Waals surface area contributed by atoms with Gasteiger partial charge in [0.1, 0.15) is 29.8 Å². The van der Waals surface area contributed by atoms with E-state index >= 15 is 0 Å². The van der Waals surface area contributed by atoms with E-state index in [0.29, 0.717) is 36.0 Å². The Morgan fingerprint density at radius 3 is 2.79 bits per heavy atom. The standard InChI is InChI=1S/C19H22F2N6O2/c1-10-8-27(5-4-22-10)14-7-12(19(3,20)21)6-13(25-14)16-15-11(2)29-18(28)26-17(15)24-9-23-16/h6-7,9-11,22H,4-5,8H2,1-3H3,(H,23,24,26,28)/t10-,11?/m0/s1. The number of nitrogens with one attached hydrogen (secondary N) is 2. The first kappa shape index (κ1) is 19.4. The molecular formula is C19H22F2N6O2. The van der Waals surface area contributed by atoms with Gasteiger partial charge < -0.3 is 15.0 Å². The molecule has 1 amide bonds. The molecular weight excluding hydrogens is 382 g/mol. The molecule has 2 aliphatic heterocycles. The molecule has 4 heterocycles. The molecule has 8 nitrogen and oxygen atoms in total. The number of amides is 1. The van der Waals surface area contributed by atoms with Crippen molar-refractivity contribution in [3.05, 3.63) is 29.6 Å². The van der Waals surface area contributed by atoms with Crippen LogP contribution in [0.5, 0.6) is 0 Å². The van der Waals surface area contributed by atoms with E-state index in [0.717, 1.165) is 13.5 Å². The zero-order valence-electron chi connectivity index (χ0n) is 16.4. The summed E-state index contributed by atoms with van der Waals surface area (Å²) in [5, 5.41) is 5.85. The molecule has 29 heavy (non-hydrogen) atoms. The van der Waals surface area contributed by atoms with Crippen molar-refractivity contribution in [1.82, 2.24) is 20.3 Å². The smallest absolute Gasteiger partial charge is 0.413 e. The number of ether oxygens (including phenoxy) is 1. The number of carbonyl (C=O) groups excluding carboxylic acids is 1. The second kappa shape index (κ2) is 7.18. The number of hydrogen-bond acceptors (Lipinski definition) is 7. The van der Waals surface area contributed by atoms with E-state index in [1.807, 2.05) is 11.8 Å². The summed E-state index contributed by atoms with van der Waals surface area (Å²) in [7, 11) is 0. The van der Waals surface area contributed by atoms with Gasteiger partial charge in [0.05, 0.1) is 11.3 Å². The third-order valence-corrected chi connectivity index (χ3v) is 5.05. The lowest BCUT2D eigenvalue weighted by Crippen LogP contribution is -2.49. The number of hydrogen-bond donors (Lipinski definition) is 2. The van der Waals surface area contributed by atoms with Crippen molar-refractivity contribution >= 4 is 17.7 Å². The number of cyclic esters (lactones) is 1. The molecule has 154 valence electrons. The minimum atomic E-state index is -3.05. The number of anilines is 2. The van der Waals surface area contributed by atoms with Gasteiger partial charge in [-0.1, -0.05) is 0 Å². The zero-order chi connectivity index (χ0) is 20.8. The van der Waals surface area contributed by atoms with Gasteiger partial charge in [-0.05, 0) is 26.0 Å². The molecule has 2 N–H and O–H groups in total. The fourth-order valence-electron chi connectivity index (χ4n) is 3.62. The first-order valence-electron chi connectivity index (χ1n) is 9.44. The third-order valence-electron chi connectivity index (χ3n) is 5.05. The topological polar surface area (TPSA) is 92.3 Å². The van der Waals surface area contributed by atoms with E-state index in [1.165, 1.54) is 18.5 Å². The largest absolute Gasteiger partial charge is 0.441 e. The van der Waals surface area contributed by atoms with Gasteiger partial charge in [0.2, 0.25) is 0 Å².